The zero-order chi connectivity index (χ0) is 11.0. The van der Waals surface area contributed by atoms with Gasteiger partial charge >= 0.3 is 0 Å². The van der Waals surface area contributed by atoms with Crippen molar-refractivity contribution in [2.75, 3.05) is 25.6 Å². The van der Waals surface area contributed by atoms with Crippen molar-refractivity contribution >= 4 is 10.0 Å². The summed E-state index contributed by atoms with van der Waals surface area (Å²) in [4.78, 5) is 0. The van der Waals surface area contributed by atoms with E-state index in [2.05, 4.69) is 0 Å². The largest absolute Gasteiger partial charge is 0.379 e. The number of ether oxygens (including phenoxy) is 2. The van der Waals surface area contributed by atoms with Crippen molar-refractivity contribution in [3.8, 4) is 0 Å². The normalized spacial score (nSPS) is 14.2. The van der Waals surface area contributed by atoms with Crippen LogP contribution in [-0.2, 0) is 19.5 Å². The zero-order valence-electron chi connectivity index (χ0n) is 8.73. The zero-order valence-corrected chi connectivity index (χ0v) is 9.55. The second-order valence-electron chi connectivity index (χ2n) is 3.06. The predicted molar refractivity (Wildman–Crippen MR) is 54.5 cm³/mol. The van der Waals surface area contributed by atoms with Gasteiger partial charge in [-0.15, -0.1) is 0 Å². The summed E-state index contributed by atoms with van der Waals surface area (Å²) in [5.74, 6) is -0.0334. The predicted octanol–water partition coefficient (Wildman–Crippen LogP) is 0.107. The van der Waals surface area contributed by atoms with E-state index in [0.29, 0.717) is 26.2 Å². The van der Waals surface area contributed by atoms with E-state index in [4.69, 9.17) is 14.6 Å². The second-order valence-corrected chi connectivity index (χ2v) is 4.80. The molecule has 5 nitrogen and oxygen atoms in total. The molecule has 0 aromatic rings. The number of sulfonamides is 1. The Labute approximate surface area is 85.6 Å². The van der Waals surface area contributed by atoms with Crippen LogP contribution in [0, 0.1) is 0 Å². The Balaban J connectivity index is 3.36. The smallest absolute Gasteiger partial charge is 0.209 e. The maximum absolute atomic E-state index is 10.5. The lowest BCUT2D eigenvalue weighted by Gasteiger charge is -2.12. The molecule has 0 spiro atoms. The van der Waals surface area contributed by atoms with Gasteiger partial charge in [-0.2, -0.15) is 0 Å². The Kier molecular flexibility index (Phi) is 7.08. The van der Waals surface area contributed by atoms with Crippen molar-refractivity contribution in [1.29, 1.82) is 0 Å². The van der Waals surface area contributed by atoms with E-state index in [1.54, 1.807) is 0 Å². The molecule has 0 rings (SSSR count). The quantitative estimate of drug-likeness (QED) is 0.594. The third-order valence-electron chi connectivity index (χ3n) is 1.53. The van der Waals surface area contributed by atoms with Crippen molar-refractivity contribution in [2.24, 2.45) is 5.14 Å². The molecule has 0 amide bonds. The van der Waals surface area contributed by atoms with E-state index in [-0.39, 0.29) is 11.9 Å². The van der Waals surface area contributed by atoms with Crippen LogP contribution in [0.15, 0.2) is 0 Å². The summed E-state index contributed by atoms with van der Waals surface area (Å²) in [5, 5.41) is 4.82. The Morgan fingerprint density at radius 3 is 2.57 bits per heavy atom. The van der Waals surface area contributed by atoms with Crippen LogP contribution in [0.3, 0.4) is 0 Å². The van der Waals surface area contributed by atoms with Crippen molar-refractivity contribution in [3.63, 3.8) is 0 Å². The average molecular weight is 225 g/mol. The summed E-state index contributed by atoms with van der Waals surface area (Å²) in [5.41, 5.74) is 0. The molecule has 6 heteroatoms. The molecule has 0 aliphatic carbocycles. The van der Waals surface area contributed by atoms with Gasteiger partial charge in [-0.25, -0.2) is 13.6 Å². The molecule has 0 bridgehead atoms. The molecule has 0 radical (unpaired) electrons. The summed E-state index contributed by atoms with van der Waals surface area (Å²) < 4.78 is 31.5. The molecule has 0 aliphatic heterocycles. The van der Waals surface area contributed by atoms with Gasteiger partial charge in [0.05, 0.1) is 18.5 Å². The molecule has 2 N–H and O–H groups in total. The van der Waals surface area contributed by atoms with Crippen molar-refractivity contribution in [2.45, 2.75) is 26.4 Å². The number of rotatable bonds is 8. The van der Waals surface area contributed by atoms with Gasteiger partial charge in [0.1, 0.15) is 0 Å². The Hall–Kier alpha value is -0.170. The van der Waals surface area contributed by atoms with Crippen molar-refractivity contribution in [3.05, 3.63) is 0 Å². The number of primary sulfonamides is 1. The highest BCUT2D eigenvalue weighted by atomic mass is 32.2. The van der Waals surface area contributed by atoms with Crippen molar-refractivity contribution in [1.82, 2.24) is 0 Å². The first-order valence-electron chi connectivity index (χ1n) is 4.65. The second kappa shape index (κ2) is 7.17. The van der Waals surface area contributed by atoms with Crippen LogP contribution >= 0.6 is 0 Å². The van der Waals surface area contributed by atoms with Gasteiger partial charge < -0.3 is 9.47 Å². The minimum Gasteiger partial charge on any atom is -0.379 e. The molecule has 0 saturated heterocycles. The average Bonchev–Trinajstić information content (AvgIpc) is 2.07. The molecule has 14 heavy (non-hydrogen) atoms. The highest BCUT2D eigenvalue weighted by Gasteiger charge is 2.04. The Bertz CT molecular complexity index is 227. The van der Waals surface area contributed by atoms with Crippen LogP contribution in [0.1, 0.15) is 20.3 Å². The molecule has 0 aromatic carbocycles. The van der Waals surface area contributed by atoms with E-state index < -0.39 is 10.0 Å². The van der Waals surface area contributed by atoms with Crippen LogP contribution in [-0.4, -0.2) is 40.1 Å². The van der Waals surface area contributed by atoms with Crippen LogP contribution < -0.4 is 5.14 Å². The summed E-state index contributed by atoms with van der Waals surface area (Å²) in [6.07, 6.45) is 0.422. The molecule has 0 fully saturated rings. The first-order chi connectivity index (χ1) is 6.45. The van der Waals surface area contributed by atoms with Gasteiger partial charge in [-0.05, 0) is 20.3 Å². The number of nitrogens with two attached hydrogens (primary N) is 1. The standard InChI is InChI=1S/C8H19NO4S/c1-3-12-7-8(2)13-5-4-6-14(9,10)11/h8H,3-7H2,1-2H3,(H2,9,10,11). The van der Waals surface area contributed by atoms with Gasteiger partial charge in [-0.3, -0.25) is 0 Å². The molecule has 86 valence electrons. The molecule has 0 saturated carbocycles. The monoisotopic (exact) mass is 225 g/mol. The van der Waals surface area contributed by atoms with Gasteiger partial charge in [0, 0.05) is 13.2 Å². The summed E-state index contributed by atoms with van der Waals surface area (Å²) >= 11 is 0. The molecule has 1 atom stereocenters. The Morgan fingerprint density at radius 1 is 1.43 bits per heavy atom. The Morgan fingerprint density at radius 2 is 2.07 bits per heavy atom. The van der Waals surface area contributed by atoms with Crippen LogP contribution in [0.5, 0.6) is 0 Å². The lowest BCUT2D eigenvalue weighted by Crippen LogP contribution is -2.20. The topological polar surface area (TPSA) is 78.6 Å². The van der Waals surface area contributed by atoms with E-state index in [0.717, 1.165) is 0 Å². The molecule has 0 aliphatic rings. The summed E-state index contributed by atoms with van der Waals surface area (Å²) in [7, 11) is -3.35. The lowest BCUT2D eigenvalue weighted by atomic mass is 10.4. The van der Waals surface area contributed by atoms with Crippen LogP contribution in [0.2, 0.25) is 0 Å². The van der Waals surface area contributed by atoms with E-state index >= 15 is 0 Å². The number of hydrogen-bond donors (Lipinski definition) is 1. The van der Waals surface area contributed by atoms with E-state index in [9.17, 15) is 8.42 Å². The fourth-order valence-electron chi connectivity index (χ4n) is 0.877. The fourth-order valence-corrected chi connectivity index (χ4v) is 1.40. The maximum Gasteiger partial charge on any atom is 0.209 e. The minimum atomic E-state index is -3.35. The van der Waals surface area contributed by atoms with Crippen molar-refractivity contribution < 1.29 is 17.9 Å². The highest BCUT2D eigenvalue weighted by molar-refractivity contribution is 7.89. The van der Waals surface area contributed by atoms with Gasteiger partial charge in [0.2, 0.25) is 10.0 Å². The molecular weight excluding hydrogens is 206 g/mol. The molecule has 1 unspecified atom stereocenters. The van der Waals surface area contributed by atoms with Gasteiger partial charge in [0.15, 0.2) is 0 Å². The first-order valence-corrected chi connectivity index (χ1v) is 6.37. The first kappa shape index (κ1) is 13.8. The molecular formula is C8H19NO4S. The third kappa shape index (κ3) is 9.91. The fraction of sp³-hybridized carbons (Fsp3) is 1.00. The third-order valence-corrected chi connectivity index (χ3v) is 2.39. The molecule has 0 aromatic heterocycles. The summed E-state index contributed by atoms with van der Waals surface area (Å²) in [6.45, 7) is 5.38. The van der Waals surface area contributed by atoms with Gasteiger partial charge in [0.25, 0.3) is 0 Å². The van der Waals surface area contributed by atoms with Crippen LogP contribution in [0.4, 0.5) is 0 Å². The van der Waals surface area contributed by atoms with E-state index in [1.165, 1.54) is 0 Å². The lowest BCUT2D eigenvalue weighted by molar-refractivity contribution is -0.00277. The van der Waals surface area contributed by atoms with Gasteiger partial charge in [-0.1, -0.05) is 0 Å². The van der Waals surface area contributed by atoms with E-state index in [1.807, 2.05) is 13.8 Å². The molecule has 0 heterocycles. The van der Waals surface area contributed by atoms with Crippen LogP contribution in [0.25, 0.3) is 0 Å². The number of hydrogen-bond acceptors (Lipinski definition) is 4. The SMILES string of the molecule is CCOCC(C)OCCCS(N)(=O)=O. The minimum absolute atomic E-state index is 0.00423. The summed E-state index contributed by atoms with van der Waals surface area (Å²) in [6, 6.07) is 0. The highest BCUT2D eigenvalue weighted by Crippen LogP contribution is 1.95. The maximum atomic E-state index is 10.5.